The van der Waals surface area contributed by atoms with E-state index in [1.807, 2.05) is 0 Å². The second kappa shape index (κ2) is 4.94. The Morgan fingerprint density at radius 2 is 2.12 bits per heavy atom. The molecule has 0 saturated carbocycles. The normalized spacial score (nSPS) is 11.3. The van der Waals surface area contributed by atoms with Crippen molar-refractivity contribution in [1.29, 1.82) is 0 Å². The van der Waals surface area contributed by atoms with Crippen molar-refractivity contribution in [1.82, 2.24) is 4.98 Å². The van der Waals surface area contributed by atoms with E-state index in [0.717, 1.165) is 6.20 Å². The summed E-state index contributed by atoms with van der Waals surface area (Å²) in [5, 5.41) is 17.9. The van der Waals surface area contributed by atoms with E-state index in [9.17, 15) is 23.1 Å². The number of hydrogen-bond acceptors (Lipinski definition) is 4. The van der Waals surface area contributed by atoms with Crippen LogP contribution in [0.1, 0.15) is 5.56 Å². The summed E-state index contributed by atoms with van der Waals surface area (Å²) in [6.45, 7) is 0. The van der Waals surface area contributed by atoms with Crippen molar-refractivity contribution in [2.45, 2.75) is 12.8 Å². The molecule has 0 aliphatic carbocycles. The summed E-state index contributed by atoms with van der Waals surface area (Å²) in [4.78, 5) is 14.0. The lowest BCUT2D eigenvalue weighted by Crippen LogP contribution is -2.19. The second-order valence-electron chi connectivity index (χ2n) is 2.87. The van der Waals surface area contributed by atoms with Crippen molar-refractivity contribution in [3.8, 4) is 11.5 Å². The van der Waals surface area contributed by atoms with E-state index in [4.69, 9.17) is 5.11 Å². The Hall–Kier alpha value is -1.26. The number of aromatic hydroxyl groups is 1. The molecule has 1 heterocycles. The molecule has 1 aromatic rings. The molecule has 0 spiro atoms. The standard InChI is InChI=1S/C8H5F3INO4/c9-8(10,11)17-6-3(1-4(14)15)2-13-7(12)5(6)16/h2,16H,1H2,(H,14,15). The second-order valence-corrected chi connectivity index (χ2v) is 3.89. The smallest absolute Gasteiger partial charge is 0.502 e. The van der Waals surface area contributed by atoms with E-state index in [2.05, 4.69) is 9.72 Å². The summed E-state index contributed by atoms with van der Waals surface area (Å²) < 4.78 is 39.7. The Balaban J connectivity index is 3.21. The molecule has 1 aromatic heterocycles. The highest BCUT2D eigenvalue weighted by molar-refractivity contribution is 14.1. The predicted octanol–water partition coefficient (Wildman–Crippen LogP) is 1.92. The Bertz CT molecular complexity index is 449. The van der Waals surface area contributed by atoms with Gasteiger partial charge < -0.3 is 14.9 Å². The van der Waals surface area contributed by atoms with Gasteiger partial charge in [-0.1, -0.05) is 0 Å². The molecule has 0 amide bonds. The molecule has 0 fully saturated rings. The van der Waals surface area contributed by atoms with Crippen LogP contribution in [-0.4, -0.2) is 27.5 Å². The molecule has 17 heavy (non-hydrogen) atoms. The molecule has 94 valence electrons. The van der Waals surface area contributed by atoms with Gasteiger partial charge in [0.05, 0.1) is 6.42 Å². The van der Waals surface area contributed by atoms with Gasteiger partial charge in [-0.15, -0.1) is 13.2 Å². The first-order valence-electron chi connectivity index (χ1n) is 4.04. The molecule has 0 radical (unpaired) electrons. The SMILES string of the molecule is O=C(O)Cc1cnc(I)c(O)c1OC(F)(F)F. The van der Waals surface area contributed by atoms with Gasteiger partial charge >= 0.3 is 12.3 Å². The number of carboxylic acid groups (broad SMARTS) is 1. The minimum Gasteiger partial charge on any atom is -0.502 e. The van der Waals surface area contributed by atoms with Gasteiger partial charge in [-0.3, -0.25) is 4.79 Å². The molecule has 5 nitrogen and oxygen atoms in total. The van der Waals surface area contributed by atoms with Crippen molar-refractivity contribution < 1.29 is 32.9 Å². The topological polar surface area (TPSA) is 79.7 Å². The Labute approximate surface area is 106 Å². The van der Waals surface area contributed by atoms with Crippen LogP contribution in [0.5, 0.6) is 11.5 Å². The van der Waals surface area contributed by atoms with Crippen molar-refractivity contribution in [2.75, 3.05) is 0 Å². The Morgan fingerprint density at radius 1 is 1.53 bits per heavy atom. The monoisotopic (exact) mass is 363 g/mol. The fraction of sp³-hybridized carbons (Fsp3) is 0.250. The minimum atomic E-state index is -5.02. The third-order valence-electron chi connectivity index (χ3n) is 1.60. The van der Waals surface area contributed by atoms with Crippen LogP contribution in [0.2, 0.25) is 0 Å². The third-order valence-corrected chi connectivity index (χ3v) is 2.38. The molecule has 0 aliphatic rings. The maximum atomic E-state index is 12.1. The van der Waals surface area contributed by atoms with E-state index in [0.29, 0.717) is 0 Å². The van der Waals surface area contributed by atoms with Crippen LogP contribution in [-0.2, 0) is 11.2 Å². The molecule has 0 aromatic carbocycles. The van der Waals surface area contributed by atoms with Gasteiger partial charge in [0, 0.05) is 11.8 Å². The molecule has 0 aliphatic heterocycles. The molecule has 0 saturated heterocycles. The highest BCUT2D eigenvalue weighted by Crippen LogP contribution is 2.37. The van der Waals surface area contributed by atoms with E-state index in [1.165, 1.54) is 22.6 Å². The number of rotatable bonds is 3. The number of carboxylic acids is 1. The molecule has 9 heteroatoms. The largest absolute Gasteiger partial charge is 0.573 e. The number of halogens is 4. The molecular weight excluding hydrogens is 358 g/mol. The van der Waals surface area contributed by atoms with Gasteiger partial charge in [0.1, 0.15) is 3.70 Å². The van der Waals surface area contributed by atoms with E-state index >= 15 is 0 Å². The first kappa shape index (κ1) is 13.8. The maximum Gasteiger partial charge on any atom is 0.573 e. The van der Waals surface area contributed by atoms with Crippen LogP contribution >= 0.6 is 22.6 Å². The summed E-state index contributed by atoms with van der Waals surface area (Å²) in [7, 11) is 0. The third kappa shape index (κ3) is 3.91. The van der Waals surface area contributed by atoms with Crippen LogP contribution in [0.3, 0.4) is 0 Å². The number of pyridine rings is 1. The first-order valence-corrected chi connectivity index (χ1v) is 5.12. The van der Waals surface area contributed by atoms with E-state index in [-0.39, 0.29) is 9.26 Å². The van der Waals surface area contributed by atoms with E-state index in [1.54, 1.807) is 0 Å². The molecule has 1 rings (SSSR count). The predicted molar refractivity (Wildman–Crippen MR) is 56.6 cm³/mol. The van der Waals surface area contributed by atoms with Crippen molar-refractivity contribution in [3.63, 3.8) is 0 Å². The van der Waals surface area contributed by atoms with Gasteiger partial charge in [-0.25, -0.2) is 4.98 Å². The lowest BCUT2D eigenvalue weighted by Gasteiger charge is -2.13. The first-order chi connectivity index (χ1) is 7.70. The van der Waals surface area contributed by atoms with Gasteiger partial charge in [0.25, 0.3) is 0 Å². The number of aliphatic carboxylic acids is 1. The quantitative estimate of drug-likeness (QED) is 0.634. The Morgan fingerprint density at radius 3 is 2.59 bits per heavy atom. The number of ether oxygens (including phenoxy) is 1. The summed E-state index contributed by atoms with van der Waals surface area (Å²) in [5.41, 5.74) is -0.354. The number of nitrogens with zero attached hydrogens (tertiary/aromatic N) is 1. The summed E-state index contributed by atoms with van der Waals surface area (Å²) in [5.74, 6) is -3.12. The summed E-state index contributed by atoms with van der Waals surface area (Å²) in [6, 6.07) is 0. The molecule has 0 atom stereocenters. The zero-order valence-corrected chi connectivity index (χ0v) is 10.1. The van der Waals surface area contributed by atoms with Gasteiger partial charge in [-0.05, 0) is 22.6 Å². The van der Waals surface area contributed by atoms with E-state index < -0.39 is 30.3 Å². The number of hydrogen-bond donors (Lipinski definition) is 2. The number of alkyl halides is 3. The minimum absolute atomic E-state index is 0.115. The average Bonchev–Trinajstić information content (AvgIpc) is 2.15. The van der Waals surface area contributed by atoms with Crippen molar-refractivity contribution in [2.24, 2.45) is 0 Å². The molecule has 0 unspecified atom stereocenters. The molecule has 0 bridgehead atoms. The zero-order chi connectivity index (χ0) is 13.2. The van der Waals surface area contributed by atoms with Gasteiger partial charge in [-0.2, -0.15) is 0 Å². The van der Waals surface area contributed by atoms with Gasteiger partial charge in [0.15, 0.2) is 11.5 Å². The Kier molecular flexibility index (Phi) is 4.01. The van der Waals surface area contributed by atoms with Crippen LogP contribution in [0.15, 0.2) is 6.20 Å². The fourth-order valence-corrected chi connectivity index (χ4v) is 1.40. The van der Waals surface area contributed by atoms with Crippen molar-refractivity contribution >= 4 is 28.6 Å². The lowest BCUT2D eigenvalue weighted by atomic mass is 10.2. The van der Waals surface area contributed by atoms with Crippen molar-refractivity contribution in [3.05, 3.63) is 15.5 Å². The average molecular weight is 363 g/mol. The summed E-state index contributed by atoms with van der Waals surface area (Å²) >= 11 is 1.50. The molecular formula is C8H5F3INO4. The zero-order valence-electron chi connectivity index (χ0n) is 7.95. The highest BCUT2D eigenvalue weighted by atomic mass is 127. The van der Waals surface area contributed by atoms with Crippen LogP contribution < -0.4 is 4.74 Å². The fourth-order valence-electron chi connectivity index (χ4n) is 1.02. The summed E-state index contributed by atoms with van der Waals surface area (Å²) in [6.07, 6.45) is -4.84. The van der Waals surface area contributed by atoms with Crippen LogP contribution in [0.4, 0.5) is 13.2 Å². The van der Waals surface area contributed by atoms with Gasteiger partial charge in [0.2, 0.25) is 0 Å². The van der Waals surface area contributed by atoms with Crippen LogP contribution in [0.25, 0.3) is 0 Å². The molecule has 2 N–H and O–H groups in total. The number of aromatic nitrogens is 1. The lowest BCUT2D eigenvalue weighted by molar-refractivity contribution is -0.275. The number of carbonyl (C=O) groups is 1. The highest BCUT2D eigenvalue weighted by Gasteiger charge is 2.34. The maximum absolute atomic E-state index is 12.1. The van der Waals surface area contributed by atoms with Crippen LogP contribution in [0, 0.1) is 3.70 Å².